The lowest BCUT2D eigenvalue weighted by atomic mass is 10.0. The summed E-state index contributed by atoms with van der Waals surface area (Å²) < 4.78 is 16.2. The maximum Gasteiger partial charge on any atom is 0.322 e. The summed E-state index contributed by atoms with van der Waals surface area (Å²) in [5.41, 5.74) is 6.73. The lowest BCUT2D eigenvalue weighted by molar-refractivity contribution is -0.142. The van der Waals surface area contributed by atoms with Crippen molar-refractivity contribution in [2.45, 2.75) is 44.2 Å². The first-order valence-corrected chi connectivity index (χ1v) is 7.31. The molecule has 1 aromatic rings. The van der Waals surface area contributed by atoms with E-state index in [2.05, 4.69) is 4.74 Å². The van der Waals surface area contributed by atoms with Gasteiger partial charge in [-0.25, -0.2) is 0 Å². The van der Waals surface area contributed by atoms with Crippen LogP contribution in [0.15, 0.2) is 18.2 Å². The Morgan fingerprint density at radius 3 is 2.67 bits per heavy atom. The number of ether oxygens (including phenoxy) is 3. The van der Waals surface area contributed by atoms with Crippen molar-refractivity contribution in [3.05, 3.63) is 23.8 Å². The van der Waals surface area contributed by atoms with Gasteiger partial charge in [0.2, 0.25) is 0 Å². The smallest absolute Gasteiger partial charge is 0.322 e. The van der Waals surface area contributed by atoms with Crippen molar-refractivity contribution >= 4 is 5.97 Å². The van der Waals surface area contributed by atoms with Crippen LogP contribution < -0.4 is 15.2 Å². The SMILES string of the molecule is COC(=O)C(N)Cc1cccc(OC)c1OC1CCCC1. The number of para-hydroxylation sites is 1. The third kappa shape index (κ3) is 3.88. The van der Waals surface area contributed by atoms with Crippen molar-refractivity contribution in [2.24, 2.45) is 5.73 Å². The van der Waals surface area contributed by atoms with E-state index in [1.54, 1.807) is 7.11 Å². The van der Waals surface area contributed by atoms with Crippen molar-refractivity contribution in [1.29, 1.82) is 0 Å². The van der Waals surface area contributed by atoms with Crippen LogP contribution in [0, 0.1) is 0 Å². The molecule has 0 heterocycles. The summed E-state index contributed by atoms with van der Waals surface area (Å²) in [6, 6.07) is 4.94. The van der Waals surface area contributed by atoms with Crippen LogP contribution >= 0.6 is 0 Å². The van der Waals surface area contributed by atoms with Gasteiger partial charge in [0.1, 0.15) is 6.04 Å². The van der Waals surface area contributed by atoms with Crippen LogP contribution in [0.25, 0.3) is 0 Å². The van der Waals surface area contributed by atoms with Gasteiger partial charge in [-0.3, -0.25) is 4.79 Å². The van der Waals surface area contributed by atoms with Crippen LogP contribution in [0.5, 0.6) is 11.5 Å². The van der Waals surface area contributed by atoms with Gasteiger partial charge < -0.3 is 19.9 Å². The van der Waals surface area contributed by atoms with Crippen LogP contribution in [-0.4, -0.2) is 32.3 Å². The molecule has 116 valence electrons. The Labute approximate surface area is 125 Å². The van der Waals surface area contributed by atoms with Gasteiger partial charge in [-0.15, -0.1) is 0 Å². The second-order valence-corrected chi connectivity index (χ2v) is 5.31. The number of nitrogens with two attached hydrogens (primary N) is 1. The Morgan fingerprint density at radius 2 is 2.05 bits per heavy atom. The minimum atomic E-state index is -0.701. The fraction of sp³-hybridized carbons (Fsp3) is 0.562. The molecule has 0 bridgehead atoms. The van der Waals surface area contributed by atoms with Crippen LogP contribution in [0.4, 0.5) is 0 Å². The van der Waals surface area contributed by atoms with E-state index < -0.39 is 12.0 Å². The zero-order valence-corrected chi connectivity index (χ0v) is 12.6. The van der Waals surface area contributed by atoms with Gasteiger partial charge >= 0.3 is 5.97 Å². The van der Waals surface area contributed by atoms with E-state index in [4.69, 9.17) is 15.2 Å². The monoisotopic (exact) mass is 293 g/mol. The van der Waals surface area contributed by atoms with E-state index in [9.17, 15) is 4.79 Å². The normalized spacial score (nSPS) is 16.5. The molecule has 0 radical (unpaired) electrons. The summed E-state index contributed by atoms with van der Waals surface area (Å²) in [7, 11) is 2.95. The molecule has 21 heavy (non-hydrogen) atoms. The molecule has 1 fully saturated rings. The van der Waals surface area contributed by atoms with Gasteiger partial charge in [-0.05, 0) is 31.7 Å². The molecule has 1 aliphatic rings. The molecule has 5 nitrogen and oxygen atoms in total. The number of hydrogen-bond acceptors (Lipinski definition) is 5. The minimum Gasteiger partial charge on any atom is -0.493 e. The molecule has 2 rings (SSSR count). The van der Waals surface area contributed by atoms with Crippen molar-refractivity contribution < 1.29 is 19.0 Å². The van der Waals surface area contributed by atoms with Gasteiger partial charge in [-0.1, -0.05) is 12.1 Å². The third-order valence-electron chi connectivity index (χ3n) is 3.81. The summed E-state index contributed by atoms with van der Waals surface area (Å²) in [6.45, 7) is 0. The lowest BCUT2D eigenvalue weighted by Gasteiger charge is -2.20. The predicted molar refractivity (Wildman–Crippen MR) is 79.6 cm³/mol. The predicted octanol–water partition coefficient (Wildman–Crippen LogP) is 2.06. The zero-order valence-electron chi connectivity index (χ0n) is 12.6. The molecule has 0 aliphatic heterocycles. The topological polar surface area (TPSA) is 70.8 Å². The quantitative estimate of drug-likeness (QED) is 0.813. The third-order valence-corrected chi connectivity index (χ3v) is 3.81. The number of esters is 1. The molecular formula is C16H23NO4. The van der Waals surface area contributed by atoms with Crippen molar-refractivity contribution in [3.63, 3.8) is 0 Å². The molecule has 1 unspecified atom stereocenters. The van der Waals surface area contributed by atoms with E-state index in [1.165, 1.54) is 20.0 Å². The van der Waals surface area contributed by atoms with Gasteiger partial charge in [0.05, 0.1) is 20.3 Å². The highest BCUT2D eigenvalue weighted by Crippen LogP contribution is 2.35. The van der Waals surface area contributed by atoms with Crippen LogP contribution in [-0.2, 0) is 16.0 Å². The number of methoxy groups -OCH3 is 2. The van der Waals surface area contributed by atoms with E-state index in [1.807, 2.05) is 18.2 Å². The maximum absolute atomic E-state index is 11.5. The standard InChI is InChI=1S/C16H23NO4/c1-19-14-9-5-6-11(10-13(17)16(18)20-2)15(14)21-12-7-3-4-8-12/h5-6,9,12-13H,3-4,7-8,10,17H2,1-2H3. The fourth-order valence-corrected chi connectivity index (χ4v) is 2.66. The largest absolute Gasteiger partial charge is 0.493 e. The molecule has 0 aromatic heterocycles. The summed E-state index contributed by atoms with van der Waals surface area (Å²) >= 11 is 0. The summed E-state index contributed by atoms with van der Waals surface area (Å²) in [5, 5.41) is 0. The fourth-order valence-electron chi connectivity index (χ4n) is 2.66. The highest BCUT2D eigenvalue weighted by molar-refractivity contribution is 5.76. The van der Waals surface area contributed by atoms with Crippen LogP contribution in [0.2, 0.25) is 0 Å². The first-order valence-electron chi connectivity index (χ1n) is 7.31. The molecule has 1 aromatic carbocycles. The summed E-state index contributed by atoms with van der Waals surface area (Å²) in [6.07, 6.45) is 5.08. The number of carbonyl (C=O) groups excluding carboxylic acids is 1. The summed E-state index contributed by atoms with van der Waals surface area (Å²) in [4.78, 5) is 11.5. The number of hydrogen-bond donors (Lipinski definition) is 1. The molecule has 5 heteroatoms. The number of benzene rings is 1. The van der Waals surface area contributed by atoms with E-state index in [0.717, 1.165) is 18.4 Å². The maximum atomic E-state index is 11.5. The van der Waals surface area contributed by atoms with E-state index in [-0.39, 0.29) is 6.10 Å². The van der Waals surface area contributed by atoms with Gasteiger partial charge in [-0.2, -0.15) is 0 Å². The average molecular weight is 293 g/mol. The van der Waals surface area contributed by atoms with Crippen LogP contribution in [0.3, 0.4) is 0 Å². The van der Waals surface area contributed by atoms with Gasteiger partial charge in [0, 0.05) is 12.0 Å². The van der Waals surface area contributed by atoms with E-state index >= 15 is 0 Å². The average Bonchev–Trinajstić information content (AvgIpc) is 3.01. The molecule has 0 saturated heterocycles. The summed E-state index contributed by atoms with van der Waals surface area (Å²) in [5.74, 6) is 0.951. The van der Waals surface area contributed by atoms with E-state index in [0.29, 0.717) is 17.9 Å². The Morgan fingerprint density at radius 1 is 1.33 bits per heavy atom. The van der Waals surface area contributed by atoms with Crippen LogP contribution in [0.1, 0.15) is 31.2 Å². The Kier molecular flexibility index (Phi) is 5.44. The minimum absolute atomic E-state index is 0.217. The first-order chi connectivity index (χ1) is 10.2. The lowest BCUT2D eigenvalue weighted by Crippen LogP contribution is -2.33. The molecule has 0 spiro atoms. The molecule has 1 atom stereocenters. The van der Waals surface area contributed by atoms with Crippen molar-refractivity contribution in [3.8, 4) is 11.5 Å². The van der Waals surface area contributed by atoms with Gasteiger partial charge in [0.15, 0.2) is 11.5 Å². The highest BCUT2D eigenvalue weighted by Gasteiger charge is 2.23. The molecular weight excluding hydrogens is 270 g/mol. The van der Waals surface area contributed by atoms with Crippen molar-refractivity contribution in [1.82, 2.24) is 0 Å². The Balaban J connectivity index is 2.20. The Hall–Kier alpha value is -1.75. The second kappa shape index (κ2) is 7.31. The molecule has 1 saturated carbocycles. The van der Waals surface area contributed by atoms with Gasteiger partial charge in [0.25, 0.3) is 0 Å². The number of rotatable bonds is 6. The number of carbonyl (C=O) groups is 1. The first kappa shape index (κ1) is 15.6. The molecule has 2 N–H and O–H groups in total. The van der Waals surface area contributed by atoms with Crippen molar-refractivity contribution in [2.75, 3.05) is 14.2 Å². The zero-order chi connectivity index (χ0) is 15.2. The molecule has 1 aliphatic carbocycles. The second-order valence-electron chi connectivity index (χ2n) is 5.31. The Bertz CT molecular complexity index is 483. The highest BCUT2D eigenvalue weighted by atomic mass is 16.5. The molecule has 0 amide bonds.